The average molecular weight is 640 g/mol. The van der Waals surface area contributed by atoms with Gasteiger partial charge in [-0.05, 0) is 55.7 Å². The maximum Gasteiger partial charge on any atom is 0.240 e. The van der Waals surface area contributed by atoms with Crippen molar-refractivity contribution in [1.29, 1.82) is 0 Å². The van der Waals surface area contributed by atoms with E-state index in [9.17, 15) is 24.3 Å². The largest absolute Gasteiger partial charge is 0.390 e. The Labute approximate surface area is 254 Å². The second kappa shape index (κ2) is 9.91. The van der Waals surface area contributed by atoms with E-state index >= 15 is 0 Å². The van der Waals surface area contributed by atoms with Crippen LogP contribution in [0.15, 0.2) is 36.4 Å². The molecule has 41 heavy (non-hydrogen) atoms. The van der Waals surface area contributed by atoms with E-state index in [1.807, 2.05) is 0 Å². The number of hydrogen-bond acceptors (Lipinski definition) is 7. The van der Waals surface area contributed by atoms with Crippen LogP contribution in [0.2, 0.25) is 20.1 Å². The minimum atomic E-state index is -1.10. The van der Waals surface area contributed by atoms with Crippen molar-refractivity contribution >= 4 is 81.4 Å². The Bertz CT molecular complexity index is 1410. The standard InChI is InChI=1S/C28H22Cl4N2O7/c29-10-3-11(30)6-14(5-10)33-25(36)16-1-2-18(35)22(20(16)27(33)38)41-24-21-17(9-19-23(24)40-19)26(37)34(28(21)39)15-7-12(31)4-13(32)8-15/h3-8,16-24,35H,1-2,9H2/t16-,17+,18+,19-,20-,21+,22?,23-,24?/m1/s1. The molecule has 1 N–H and O–H groups in total. The molecule has 3 heterocycles. The topological polar surface area (TPSA) is 117 Å². The van der Waals surface area contributed by atoms with Gasteiger partial charge in [0.15, 0.2) is 0 Å². The van der Waals surface area contributed by atoms with Gasteiger partial charge in [0, 0.05) is 20.1 Å². The minimum Gasteiger partial charge on any atom is -0.390 e. The number of carbonyl (C=O) groups is 4. The highest BCUT2D eigenvalue weighted by molar-refractivity contribution is 6.36. The van der Waals surface area contributed by atoms with Gasteiger partial charge in [0.05, 0.1) is 59.5 Å². The molecule has 0 bridgehead atoms. The second-order valence-electron chi connectivity index (χ2n) is 11.1. The molecule has 13 heteroatoms. The molecule has 0 aromatic heterocycles. The number of carbonyl (C=O) groups excluding carboxylic acids is 4. The van der Waals surface area contributed by atoms with Crippen molar-refractivity contribution < 1.29 is 33.8 Å². The van der Waals surface area contributed by atoms with Crippen LogP contribution in [0, 0.1) is 23.7 Å². The van der Waals surface area contributed by atoms with Crippen LogP contribution in [-0.2, 0) is 28.7 Å². The van der Waals surface area contributed by atoms with Crippen LogP contribution >= 0.6 is 46.4 Å². The van der Waals surface area contributed by atoms with Crippen molar-refractivity contribution in [3.8, 4) is 0 Å². The molecule has 3 saturated heterocycles. The van der Waals surface area contributed by atoms with Crippen molar-refractivity contribution in [3.05, 3.63) is 56.5 Å². The van der Waals surface area contributed by atoms with Gasteiger partial charge in [0.25, 0.3) is 0 Å². The molecule has 2 aromatic carbocycles. The van der Waals surface area contributed by atoms with Crippen LogP contribution in [0.25, 0.3) is 0 Å². The van der Waals surface area contributed by atoms with E-state index in [2.05, 4.69) is 0 Å². The normalized spacial score (nSPS) is 36.0. The van der Waals surface area contributed by atoms with Gasteiger partial charge < -0.3 is 14.6 Å². The number of epoxide rings is 1. The smallest absolute Gasteiger partial charge is 0.240 e. The zero-order chi connectivity index (χ0) is 28.9. The summed E-state index contributed by atoms with van der Waals surface area (Å²) in [4.78, 5) is 56.6. The molecule has 2 aromatic rings. The number of nitrogens with zero attached hydrogens (tertiary/aromatic N) is 2. The Morgan fingerprint density at radius 2 is 1.17 bits per heavy atom. The van der Waals surface area contributed by atoms with E-state index < -0.39 is 71.7 Å². The number of halogens is 4. The molecule has 2 saturated carbocycles. The van der Waals surface area contributed by atoms with Crippen LogP contribution in [-0.4, -0.2) is 59.3 Å². The molecule has 2 unspecified atom stereocenters. The van der Waals surface area contributed by atoms with Crippen LogP contribution in [0.4, 0.5) is 11.4 Å². The summed E-state index contributed by atoms with van der Waals surface area (Å²) >= 11 is 24.6. The highest BCUT2D eigenvalue weighted by atomic mass is 35.5. The Balaban J connectivity index is 1.20. The zero-order valence-corrected chi connectivity index (χ0v) is 24.1. The predicted molar refractivity (Wildman–Crippen MR) is 149 cm³/mol. The number of aliphatic hydroxyl groups is 1. The molecule has 0 spiro atoms. The SMILES string of the molecule is O=C1[C@H]2C[C@H]3O[C@H]3C(OC3[C@@H](O)CC[C@H]4C(=O)N(c5cc(Cl)cc(Cl)c5)C(=O)[C@@H]34)[C@H]2C(=O)N1c1cc(Cl)cc(Cl)c1. The van der Waals surface area contributed by atoms with Gasteiger partial charge in [0.1, 0.15) is 6.10 Å². The first-order valence-electron chi connectivity index (χ1n) is 13.2. The number of fused-ring (bicyclic) bond motifs is 3. The summed E-state index contributed by atoms with van der Waals surface area (Å²) in [5, 5.41) is 12.1. The Morgan fingerprint density at radius 3 is 1.71 bits per heavy atom. The Morgan fingerprint density at radius 1 is 0.683 bits per heavy atom. The Kier molecular flexibility index (Phi) is 6.67. The molecular weight excluding hydrogens is 618 g/mol. The Hall–Kier alpha value is -2.24. The lowest BCUT2D eigenvalue weighted by Gasteiger charge is -2.39. The average Bonchev–Trinajstić information content (AvgIpc) is 3.57. The highest BCUT2D eigenvalue weighted by Gasteiger charge is 2.66. The van der Waals surface area contributed by atoms with Gasteiger partial charge in [-0.3, -0.25) is 19.2 Å². The predicted octanol–water partition coefficient (Wildman–Crippen LogP) is 4.29. The lowest BCUT2D eigenvalue weighted by atomic mass is 9.75. The highest BCUT2D eigenvalue weighted by Crippen LogP contribution is 2.52. The maximum absolute atomic E-state index is 13.8. The van der Waals surface area contributed by atoms with Crippen molar-refractivity contribution in [2.24, 2.45) is 23.7 Å². The molecule has 5 aliphatic rings. The van der Waals surface area contributed by atoms with Crippen molar-refractivity contribution in [3.63, 3.8) is 0 Å². The van der Waals surface area contributed by atoms with Gasteiger partial charge in [-0.2, -0.15) is 0 Å². The number of imide groups is 2. The summed E-state index contributed by atoms with van der Waals surface area (Å²) in [6.45, 7) is 0. The first kappa shape index (κ1) is 27.6. The minimum absolute atomic E-state index is 0.213. The third-order valence-corrected chi connectivity index (χ3v) is 9.64. The first-order valence-corrected chi connectivity index (χ1v) is 14.7. The van der Waals surface area contributed by atoms with Gasteiger partial charge >= 0.3 is 0 Å². The molecule has 0 radical (unpaired) electrons. The van der Waals surface area contributed by atoms with Crippen LogP contribution < -0.4 is 9.80 Å². The monoisotopic (exact) mass is 638 g/mol. The number of hydrogen-bond donors (Lipinski definition) is 1. The summed E-state index contributed by atoms with van der Waals surface area (Å²) in [7, 11) is 0. The third-order valence-electron chi connectivity index (χ3n) is 8.77. The molecule has 9 nitrogen and oxygen atoms in total. The second-order valence-corrected chi connectivity index (χ2v) is 12.9. The van der Waals surface area contributed by atoms with Gasteiger partial charge in [0.2, 0.25) is 23.6 Å². The summed E-state index contributed by atoms with van der Waals surface area (Å²) < 4.78 is 12.2. The lowest BCUT2D eigenvalue weighted by molar-refractivity contribution is -0.167. The quantitative estimate of drug-likeness (QED) is 0.392. The molecule has 7 rings (SSSR count). The number of anilines is 2. The summed E-state index contributed by atoms with van der Waals surface area (Å²) in [5.74, 6) is -5.28. The number of rotatable bonds is 4. The summed E-state index contributed by atoms with van der Waals surface area (Å²) in [6.07, 6.45) is -3.05. The van der Waals surface area contributed by atoms with E-state index in [4.69, 9.17) is 55.9 Å². The zero-order valence-electron chi connectivity index (χ0n) is 21.1. The molecule has 2 aliphatic carbocycles. The molecule has 9 atom stereocenters. The third kappa shape index (κ3) is 4.40. The van der Waals surface area contributed by atoms with Gasteiger partial charge in [-0.15, -0.1) is 0 Å². The summed E-state index contributed by atoms with van der Waals surface area (Å²) in [5.41, 5.74) is 0.487. The van der Waals surface area contributed by atoms with Crippen molar-refractivity contribution in [2.45, 2.75) is 49.8 Å². The van der Waals surface area contributed by atoms with E-state index in [1.54, 1.807) is 0 Å². The molecule has 214 valence electrons. The number of ether oxygens (including phenoxy) is 2. The number of aliphatic hydroxyl groups excluding tert-OH is 1. The van der Waals surface area contributed by atoms with Crippen molar-refractivity contribution in [2.75, 3.05) is 9.80 Å². The summed E-state index contributed by atoms with van der Waals surface area (Å²) in [6, 6.07) is 8.92. The van der Waals surface area contributed by atoms with Crippen LogP contribution in [0.1, 0.15) is 19.3 Å². The molecule has 5 fully saturated rings. The van der Waals surface area contributed by atoms with Gasteiger partial charge in [-0.25, -0.2) is 9.80 Å². The maximum atomic E-state index is 13.8. The van der Waals surface area contributed by atoms with Crippen LogP contribution in [0.5, 0.6) is 0 Å². The van der Waals surface area contributed by atoms with Crippen molar-refractivity contribution in [1.82, 2.24) is 0 Å². The fourth-order valence-corrected chi connectivity index (χ4v) is 8.03. The van der Waals surface area contributed by atoms with Crippen LogP contribution in [0.3, 0.4) is 0 Å². The number of amides is 4. The molecule has 3 aliphatic heterocycles. The van der Waals surface area contributed by atoms with E-state index in [0.717, 1.165) is 9.80 Å². The first-order chi connectivity index (χ1) is 19.5. The van der Waals surface area contributed by atoms with E-state index in [1.165, 1.54) is 36.4 Å². The molecular formula is C28H22Cl4N2O7. The fraction of sp³-hybridized carbons (Fsp3) is 0.429. The fourth-order valence-electron chi connectivity index (χ4n) is 7.00. The lowest BCUT2D eigenvalue weighted by Crippen LogP contribution is -2.52. The van der Waals surface area contributed by atoms with E-state index in [0.29, 0.717) is 6.42 Å². The number of benzene rings is 2. The van der Waals surface area contributed by atoms with Gasteiger partial charge in [-0.1, -0.05) is 46.4 Å². The molecule has 4 amide bonds. The van der Waals surface area contributed by atoms with E-state index in [-0.39, 0.29) is 50.4 Å².